The molecule has 0 fully saturated rings. The van der Waals surface area contributed by atoms with E-state index < -0.39 is 0 Å². The summed E-state index contributed by atoms with van der Waals surface area (Å²) in [5.41, 5.74) is 7.33. The van der Waals surface area contributed by atoms with Crippen LogP contribution in [0.5, 0.6) is 0 Å². The number of aryl methyl sites for hydroxylation is 2. The first-order valence-corrected chi connectivity index (χ1v) is 9.91. The Labute approximate surface area is 162 Å². The van der Waals surface area contributed by atoms with Crippen molar-refractivity contribution in [1.29, 1.82) is 0 Å². The maximum atomic E-state index is 5.06. The van der Waals surface area contributed by atoms with Crippen LogP contribution in [-0.4, -0.2) is 16.3 Å². The Morgan fingerprint density at radius 2 is 1.84 bits per heavy atom. The molecule has 4 rings (SSSR count). The van der Waals surface area contributed by atoms with E-state index in [1.807, 2.05) is 0 Å². The van der Waals surface area contributed by atoms with E-state index in [9.17, 15) is 0 Å². The highest BCUT2D eigenvalue weighted by atomic mass is 127. The van der Waals surface area contributed by atoms with Crippen molar-refractivity contribution < 1.29 is 0 Å². The molecule has 1 aliphatic heterocycles. The third-order valence-electron chi connectivity index (χ3n) is 4.84. The summed E-state index contributed by atoms with van der Waals surface area (Å²) in [6.07, 6.45) is 3.48. The van der Waals surface area contributed by atoms with Gasteiger partial charge in [0.2, 0.25) is 0 Å². The molecule has 0 atom stereocenters. The molecule has 0 unspecified atom stereocenters. The van der Waals surface area contributed by atoms with E-state index >= 15 is 0 Å². The average molecular weight is 443 g/mol. The number of hydrogen-bond acceptors (Lipinski definition) is 2. The second-order valence-electron chi connectivity index (χ2n) is 6.77. The van der Waals surface area contributed by atoms with Gasteiger partial charge in [0.15, 0.2) is 0 Å². The quantitative estimate of drug-likeness (QED) is 0.530. The van der Waals surface area contributed by atoms with E-state index in [0.29, 0.717) is 0 Å². The molecular formula is C21H22IN3. The fourth-order valence-electron chi connectivity index (χ4n) is 3.46. The molecule has 0 bridgehead atoms. The molecule has 0 saturated heterocycles. The molecule has 128 valence electrons. The average Bonchev–Trinajstić information content (AvgIpc) is 2.79. The lowest BCUT2D eigenvalue weighted by Crippen LogP contribution is -2.08. The summed E-state index contributed by atoms with van der Waals surface area (Å²) in [5.74, 6) is 1.17. The van der Waals surface area contributed by atoms with Gasteiger partial charge >= 0.3 is 0 Å². The van der Waals surface area contributed by atoms with Crippen LogP contribution in [0.25, 0.3) is 16.9 Å². The summed E-state index contributed by atoms with van der Waals surface area (Å²) >= 11 is 2.35. The monoisotopic (exact) mass is 443 g/mol. The van der Waals surface area contributed by atoms with Crippen LogP contribution < -0.4 is 5.32 Å². The first-order valence-electron chi connectivity index (χ1n) is 8.83. The zero-order valence-electron chi connectivity index (χ0n) is 14.6. The lowest BCUT2D eigenvalue weighted by Gasteiger charge is -2.12. The molecule has 4 heteroatoms. The van der Waals surface area contributed by atoms with Crippen LogP contribution in [0.1, 0.15) is 29.5 Å². The predicted molar refractivity (Wildman–Crippen MR) is 113 cm³/mol. The van der Waals surface area contributed by atoms with Gasteiger partial charge in [-0.2, -0.15) is 5.10 Å². The molecule has 0 saturated carbocycles. The number of benzene rings is 2. The van der Waals surface area contributed by atoms with Gasteiger partial charge in [0.05, 0.1) is 11.4 Å². The zero-order valence-corrected chi connectivity index (χ0v) is 16.8. The second kappa shape index (κ2) is 6.83. The number of aromatic nitrogens is 2. The maximum absolute atomic E-state index is 5.06. The van der Waals surface area contributed by atoms with Crippen LogP contribution in [0.15, 0.2) is 42.5 Å². The largest absolute Gasteiger partial charge is 0.370 e. The number of fused-ring (bicyclic) bond motifs is 1. The van der Waals surface area contributed by atoms with E-state index in [1.165, 1.54) is 50.2 Å². The predicted octanol–water partition coefficient (Wildman–Crippen LogP) is 5.51. The van der Waals surface area contributed by atoms with Gasteiger partial charge in [-0.05, 0) is 85.0 Å². The molecule has 1 N–H and O–H groups in total. The third kappa shape index (κ3) is 3.19. The Hall–Kier alpha value is -1.82. The number of hydrogen-bond donors (Lipinski definition) is 1. The van der Waals surface area contributed by atoms with Crippen LogP contribution in [0.4, 0.5) is 5.82 Å². The third-order valence-corrected chi connectivity index (χ3v) is 5.56. The highest BCUT2D eigenvalue weighted by Crippen LogP contribution is 2.35. The minimum Gasteiger partial charge on any atom is -0.370 e. The lowest BCUT2D eigenvalue weighted by atomic mass is 10.0. The van der Waals surface area contributed by atoms with Gasteiger partial charge in [-0.3, -0.25) is 0 Å². The molecule has 2 aromatic carbocycles. The van der Waals surface area contributed by atoms with Gasteiger partial charge in [0.1, 0.15) is 5.82 Å². The fraction of sp³-hybridized carbons (Fsp3) is 0.286. The van der Waals surface area contributed by atoms with E-state index in [2.05, 4.69) is 88.9 Å². The molecule has 1 aromatic heterocycles. The van der Waals surface area contributed by atoms with Crippen molar-refractivity contribution in [1.82, 2.24) is 9.78 Å². The first-order chi connectivity index (χ1) is 12.1. The van der Waals surface area contributed by atoms with Crippen molar-refractivity contribution in [3.63, 3.8) is 0 Å². The minimum absolute atomic E-state index is 1.01. The van der Waals surface area contributed by atoms with Crippen LogP contribution in [-0.2, 0) is 6.42 Å². The molecule has 0 aliphatic carbocycles. The molecule has 3 aromatic rings. The molecule has 25 heavy (non-hydrogen) atoms. The zero-order chi connectivity index (χ0) is 17.4. The number of halogens is 1. The van der Waals surface area contributed by atoms with Crippen LogP contribution in [0, 0.1) is 17.4 Å². The number of nitrogens with one attached hydrogen (secondary N) is 1. The summed E-state index contributed by atoms with van der Waals surface area (Å²) in [4.78, 5) is 0. The standard InChI is InChI=1S/C21H22IN3/c1-14-6-7-15(2)19(13-14)25-21-18(5-3-4-12-23-21)20(24-25)16-8-10-17(22)11-9-16/h6-11,13,23H,3-5,12H2,1-2H3. The van der Waals surface area contributed by atoms with Crippen LogP contribution >= 0.6 is 22.6 Å². The van der Waals surface area contributed by atoms with Crippen molar-refractivity contribution in [3.8, 4) is 16.9 Å². The summed E-state index contributed by atoms with van der Waals surface area (Å²) in [7, 11) is 0. The Morgan fingerprint density at radius 3 is 2.64 bits per heavy atom. The van der Waals surface area contributed by atoms with Crippen molar-refractivity contribution >= 4 is 28.4 Å². The Balaban J connectivity index is 1.93. The Kier molecular flexibility index (Phi) is 4.54. The second-order valence-corrected chi connectivity index (χ2v) is 8.01. The summed E-state index contributed by atoms with van der Waals surface area (Å²) < 4.78 is 3.37. The molecule has 0 radical (unpaired) electrons. The molecule has 1 aliphatic rings. The number of anilines is 1. The highest BCUT2D eigenvalue weighted by molar-refractivity contribution is 14.1. The van der Waals surface area contributed by atoms with Crippen LogP contribution in [0.3, 0.4) is 0 Å². The van der Waals surface area contributed by atoms with Crippen molar-refractivity contribution in [2.45, 2.75) is 33.1 Å². The van der Waals surface area contributed by atoms with E-state index in [0.717, 1.165) is 18.7 Å². The van der Waals surface area contributed by atoms with E-state index in [4.69, 9.17) is 5.10 Å². The van der Waals surface area contributed by atoms with Crippen molar-refractivity contribution in [2.24, 2.45) is 0 Å². The SMILES string of the molecule is Cc1ccc(C)c(-n2nc(-c3ccc(I)cc3)c3c2NCCCC3)c1. The number of nitrogens with zero attached hydrogens (tertiary/aromatic N) is 2. The van der Waals surface area contributed by atoms with E-state index in [-0.39, 0.29) is 0 Å². The van der Waals surface area contributed by atoms with Gasteiger partial charge in [0.25, 0.3) is 0 Å². The summed E-state index contributed by atoms with van der Waals surface area (Å²) in [6, 6.07) is 15.2. The topological polar surface area (TPSA) is 29.9 Å². The van der Waals surface area contributed by atoms with Crippen molar-refractivity contribution in [2.75, 3.05) is 11.9 Å². The number of rotatable bonds is 2. The van der Waals surface area contributed by atoms with Gasteiger partial charge in [-0.1, -0.05) is 24.3 Å². The summed E-state index contributed by atoms with van der Waals surface area (Å²) in [6.45, 7) is 5.30. The molecule has 0 spiro atoms. The van der Waals surface area contributed by atoms with Gasteiger partial charge < -0.3 is 5.32 Å². The molecule has 2 heterocycles. The van der Waals surface area contributed by atoms with E-state index in [1.54, 1.807) is 0 Å². The van der Waals surface area contributed by atoms with Gasteiger partial charge in [0, 0.05) is 21.2 Å². The smallest absolute Gasteiger partial charge is 0.133 e. The van der Waals surface area contributed by atoms with Crippen molar-refractivity contribution in [3.05, 3.63) is 62.7 Å². The molecule has 3 nitrogen and oxygen atoms in total. The maximum Gasteiger partial charge on any atom is 0.133 e. The first kappa shape index (κ1) is 16.6. The van der Waals surface area contributed by atoms with Gasteiger partial charge in [-0.25, -0.2) is 4.68 Å². The lowest BCUT2D eigenvalue weighted by molar-refractivity contribution is 0.779. The minimum atomic E-state index is 1.01. The normalized spacial score (nSPS) is 13.9. The Morgan fingerprint density at radius 1 is 1.04 bits per heavy atom. The van der Waals surface area contributed by atoms with Gasteiger partial charge in [-0.15, -0.1) is 0 Å². The van der Waals surface area contributed by atoms with Crippen LogP contribution in [0.2, 0.25) is 0 Å². The molecule has 0 amide bonds. The highest BCUT2D eigenvalue weighted by Gasteiger charge is 2.22. The Bertz CT molecular complexity index is 910. The molecular weight excluding hydrogens is 421 g/mol. The fourth-order valence-corrected chi connectivity index (χ4v) is 3.82. The summed E-state index contributed by atoms with van der Waals surface area (Å²) in [5, 5.41) is 8.70.